The third kappa shape index (κ3) is 5.81. The summed E-state index contributed by atoms with van der Waals surface area (Å²) in [5.74, 6) is 1.38. The molecule has 7 nitrogen and oxygen atoms in total. The molecule has 1 aliphatic rings. The molecule has 1 atom stereocenters. The molecule has 9 heteroatoms. The van der Waals surface area contributed by atoms with Crippen LogP contribution in [-0.2, 0) is 13.1 Å². The number of ether oxygens (including phenoxy) is 2. The van der Waals surface area contributed by atoms with Crippen molar-refractivity contribution in [2.75, 3.05) is 38.8 Å². The van der Waals surface area contributed by atoms with Crippen molar-refractivity contribution in [3.05, 3.63) is 69.7 Å². The van der Waals surface area contributed by atoms with E-state index in [9.17, 15) is 4.79 Å². The highest BCUT2D eigenvalue weighted by atomic mass is 35.5. The van der Waals surface area contributed by atoms with Gasteiger partial charge in [-0.2, -0.15) is 0 Å². The van der Waals surface area contributed by atoms with E-state index in [2.05, 4.69) is 33.1 Å². The van der Waals surface area contributed by atoms with Crippen LogP contribution in [-0.4, -0.2) is 55.7 Å². The lowest BCUT2D eigenvalue weighted by Gasteiger charge is -2.39. The van der Waals surface area contributed by atoms with Gasteiger partial charge in [0.05, 0.1) is 20.8 Å². The lowest BCUT2D eigenvalue weighted by Crippen LogP contribution is -2.51. The molecule has 1 fully saturated rings. The van der Waals surface area contributed by atoms with E-state index >= 15 is 0 Å². The van der Waals surface area contributed by atoms with Crippen LogP contribution >= 0.6 is 22.9 Å². The van der Waals surface area contributed by atoms with Crippen molar-refractivity contribution in [1.29, 1.82) is 0 Å². The number of halogens is 1. The molecule has 2 aromatic carbocycles. The largest absolute Gasteiger partial charge is 0.493 e. The average molecular weight is 501 g/mol. The number of nitrogens with one attached hydrogen (secondary N) is 1. The van der Waals surface area contributed by atoms with E-state index in [0.717, 1.165) is 47.7 Å². The van der Waals surface area contributed by atoms with Gasteiger partial charge in [-0.25, -0.2) is 4.98 Å². The first kappa shape index (κ1) is 24.3. The molecule has 0 bridgehead atoms. The maximum absolute atomic E-state index is 12.3. The standard InChI is InChI=1S/C25H29ClN4O3S/c1-17-15-30(11-10-29(17)16-18-4-9-22(32-2)23(12-18)33-3)25-28-14-21(34-25)13-27-24(31)19-5-7-20(26)8-6-19/h4-9,12,14,17H,10-11,13,15-16H2,1-3H3,(H,27,31). The van der Waals surface area contributed by atoms with Gasteiger partial charge in [0.25, 0.3) is 5.91 Å². The Balaban J connectivity index is 1.30. The number of hydrogen-bond donors (Lipinski definition) is 1. The molecular weight excluding hydrogens is 472 g/mol. The molecule has 0 saturated carbocycles. The molecule has 2 heterocycles. The second-order valence-corrected chi connectivity index (χ2v) is 9.78. The average Bonchev–Trinajstić information content (AvgIpc) is 3.33. The van der Waals surface area contributed by atoms with Crippen LogP contribution in [0.2, 0.25) is 5.02 Å². The van der Waals surface area contributed by atoms with Crippen LogP contribution in [0.3, 0.4) is 0 Å². The maximum atomic E-state index is 12.3. The van der Waals surface area contributed by atoms with Gasteiger partial charge in [-0.3, -0.25) is 9.69 Å². The number of methoxy groups -OCH3 is 2. The zero-order valence-corrected chi connectivity index (χ0v) is 21.2. The van der Waals surface area contributed by atoms with E-state index < -0.39 is 0 Å². The fraction of sp³-hybridized carbons (Fsp3) is 0.360. The van der Waals surface area contributed by atoms with Crippen LogP contribution < -0.4 is 19.7 Å². The normalized spacial score (nSPS) is 16.4. The zero-order chi connectivity index (χ0) is 24.1. The van der Waals surface area contributed by atoms with Crippen molar-refractivity contribution in [2.24, 2.45) is 0 Å². The van der Waals surface area contributed by atoms with Gasteiger partial charge in [0.15, 0.2) is 16.6 Å². The molecule has 0 aliphatic carbocycles. The Morgan fingerprint density at radius 1 is 1.15 bits per heavy atom. The van der Waals surface area contributed by atoms with Crippen LogP contribution in [0.5, 0.6) is 11.5 Å². The summed E-state index contributed by atoms with van der Waals surface area (Å²) >= 11 is 7.52. The Morgan fingerprint density at radius 2 is 1.91 bits per heavy atom. The summed E-state index contributed by atoms with van der Waals surface area (Å²) in [6.07, 6.45) is 1.85. The highest BCUT2D eigenvalue weighted by Gasteiger charge is 2.25. The van der Waals surface area contributed by atoms with Gasteiger partial charge < -0.3 is 19.7 Å². The van der Waals surface area contributed by atoms with Crippen molar-refractivity contribution < 1.29 is 14.3 Å². The first-order valence-electron chi connectivity index (χ1n) is 11.1. The van der Waals surface area contributed by atoms with Crippen molar-refractivity contribution in [2.45, 2.75) is 26.1 Å². The number of nitrogens with zero attached hydrogens (tertiary/aromatic N) is 3. The van der Waals surface area contributed by atoms with Crippen LogP contribution in [0, 0.1) is 0 Å². The molecule has 1 aromatic heterocycles. The molecule has 180 valence electrons. The summed E-state index contributed by atoms with van der Waals surface area (Å²) < 4.78 is 10.8. The second-order valence-electron chi connectivity index (χ2n) is 8.25. The minimum absolute atomic E-state index is 0.121. The summed E-state index contributed by atoms with van der Waals surface area (Å²) in [4.78, 5) is 22.8. The number of hydrogen-bond acceptors (Lipinski definition) is 7. The predicted octanol–water partition coefficient (Wildman–Crippen LogP) is 4.45. The Morgan fingerprint density at radius 3 is 2.62 bits per heavy atom. The first-order chi connectivity index (χ1) is 16.5. The fourth-order valence-corrected chi connectivity index (χ4v) is 5.02. The minimum atomic E-state index is -0.121. The van der Waals surface area contributed by atoms with Crippen LogP contribution in [0.25, 0.3) is 0 Å². The monoisotopic (exact) mass is 500 g/mol. The van der Waals surface area contributed by atoms with Crippen LogP contribution in [0.4, 0.5) is 5.13 Å². The summed E-state index contributed by atoms with van der Waals surface area (Å²) in [5, 5.41) is 4.56. The number of thiazole rings is 1. The van der Waals surface area contributed by atoms with E-state index in [-0.39, 0.29) is 5.91 Å². The number of amides is 1. The molecule has 4 rings (SSSR count). The predicted molar refractivity (Wildman–Crippen MR) is 136 cm³/mol. The Labute approximate surface area is 209 Å². The molecule has 1 aliphatic heterocycles. The number of anilines is 1. The number of aromatic nitrogens is 1. The van der Waals surface area contributed by atoms with E-state index in [4.69, 9.17) is 21.1 Å². The molecule has 0 radical (unpaired) electrons. The van der Waals surface area contributed by atoms with Crippen molar-refractivity contribution >= 4 is 34.0 Å². The smallest absolute Gasteiger partial charge is 0.251 e. The molecule has 0 spiro atoms. The van der Waals surface area contributed by atoms with Crippen molar-refractivity contribution in [1.82, 2.24) is 15.2 Å². The van der Waals surface area contributed by atoms with E-state index in [1.165, 1.54) is 5.56 Å². The van der Waals surface area contributed by atoms with Gasteiger partial charge in [0.2, 0.25) is 0 Å². The minimum Gasteiger partial charge on any atom is -0.493 e. The number of carbonyl (C=O) groups excluding carboxylic acids is 1. The zero-order valence-electron chi connectivity index (χ0n) is 19.6. The van der Waals surface area contributed by atoms with Gasteiger partial charge in [-0.1, -0.05) is 17.7 Å². The fourth-order valence-electron chi connectivity index (χ4n) is 4.01. The topological polar surface area (TPSA) is 66.9 Å². The molecular formula is C25H29ClN4O3S. The first-order valence-corrected chi connectivity index (χ1v) is 12.3. The summed E-state index contributed by atoms with van der Waals surface area (Å²) in [6.45, 7) is 6.30. The third-order valence-corrected chi connectivity index (χ3v) is 7.25. The van der Waals surface area contributed by atoms with Crippen LogP contribution in [0.15, 0.2) is 48.7 Å². The quantitative estimate of drug-likeness (QED) is 0.492. The Kier molecular flexibility index (Phi) is 7.92. The van der Waals surface area contributed by atoms with E-state index in [0.29, 0.717) is 23.2 Å². The molecule has 1 N–H and O–H groups in total. The summed E-state index contributed by atoms with van der Waals surface area (Å²) in [6, 6.07) is 13.3. The van der Waals surface area contributed by atoms with Gasteiger partial charge in [0, 0.05) is 53.9 Å². The second kappa shape index (κ2) is 11.1. The Hall–Kier alpha value is -2.81. The highest BCUT2D eigenvalue weighted by molar-refractivity contribution is 7.15. The summed E-state index contributed by atoms with van der Waals surface area (Å²) in [5.41, 5.74) is 1.79. The molecule has 1 unspecified atom stereocenters. The number of benzene rings is 2. The van der Waals surface area contributed by atoms with Crippen LogP contribution in [0.1, 0.15) is 27.7 Å². The van der Waals surface area contributed by atoms with E-state index in [1.54, 1.807) is 49.8 Å². The van der Waals surface area contributed by atoms with Gasteiger partial charge in [-0.05, 0) is 48.9 Å². The Bertz CT molecular complexity index is 1120. The number of rotatable bonds is 8. The van der Waals surface area contributed by atoms with E-state index in [1.807, 2.05) is 18.3 Å². The molecule has 34 heavy (non-hydrogen) atoms. The SMILES string of the molecule is COc1ccc(CN2CCN(c3ncc(CNC(=O)c4ccc(Cl)cc4)s3)CC2C)cc1OC. The van der Waals surface area contributed by atoms with Gasteiger partial charge in [0.1, 0.15) is 0 Å². The summed E-state index contributed by atoms with van der Waals surface area (Å²) in [7, 11) is 3.31. The lowest BCUT2D eigenvalue weighted by atomic mass is 10.1. The van der Waals surface area contributed by atoms with Gasteiger partial charge >= 0.3 is 0 Å². The molecule has 3 aromatic rings. The lowest BCUT2D eigenvalue weighted by molar-refractivity contribution is 0.0951. The molecule has 1 saturated heterocycles. The van der Waals surface area contributed by atoms with Crippen molar-refractivity contribution in [3.63, 3.8) is 0 Å². The number of carbonyl (C=O) groups is 1. The maximum Gasteiger partial charge on any atom is 0.251 e. The third-order valence-electron chi connectivity index (χ3n) is 5.94. The number of piperazine rings is 1. The van der Waals surface area contributed by atoms with Gasteiger partial charge in [-0.15, -0.1) is 11.3 Å². The highest BCUT2D eigenvalue weighted by Crippen LogP contribution is 2.29. The van der Waals surface area contributed by atoms with Crippen molar-refractivity contribution in [3.8, 4) is 11.5 Å². The molecule has 1 amide bonds.